The summed E-state index contributed by atoms with van der Waals surface area (Å²) in [6.45, 7) is 9.30. The van der Waals surface area contributed by atoms with Crippen molar-refractivity contribution >= 4 is 0 Å². The van der Waals surface area contributed by atoms with Crippen molar-refractivity contribution in [2.75, 3.05) is 7.05 Å². The number of rotatable bonds is 4. The minimum absolute atomic E-state index is 0.0113. The number of aryl methyl sites for hydroxylation is 1. The lowest BCUT2D eigenvalue weighted by molar-refractivity contribution is 0.435. The van der Waals surface area contributed by atoms with Crippen LogP contribution in [0.5, 0.6) is 11.6 Å². The maximum atomic E-state index is 5.98. The fraction of sp³-hybridized carbons (Fsp3) is 0.412. The Morgan fingerprint density at radius 2 is 1.95 bits per heavy atom. The highest BCUT2D eigenvalue weighted by Gasteiger charge is 2.20. The Bertz CT molecular complexity index is 618. The molecule has 4 nitrogen and oxygen atoms in total. The number of ether oxygens (including phenoxy) is 1. The molecule has 1 N–H and O–H groups in total. The fourth-order valence-corrected chi connectivity index (χ4v) is 2.13. The second-order valence-electron chi connectivity index (χ2n) is 6.23. The summed E-state index contributed by atoms with van der Waals surface area (Å²) in [5, 5.41) is 3.06. The minimum atomic E-state index is 0.0113. The van der Waals surface area contributed by atoms with Crippen LogP contribution in [0.4, 0.5) is 0 Å². The minimum Gasteiger partial charge on any atom is -0.437 e. The smallest absolute Gasteiger partial charge is 0.238 e. The molecule has 0 saturated carbocycles. The zero-order valence-electron chi connectivity index (χ0n) is 13.4. The summed E-state index contributed by atoms with van der Waals surface area (Å²) in [6.07, 6.45) is 3.38. The summed E-state index contributed by atoms with van der Waals surface area (Å²) >= 11 is 0. The van der Waals surface area contributed by atoms with Gasteiger partial charge in [-0.15, -0.1) is 0 Å². The van der Waals surface area contributed by atoms with Gasteiger partial charge in [0.1, 0.15) is 5.75 Å². The molecule has 1 heterocycles. The number of hydrogen-bond donors (Lipinski definition) is 1. The molecule has 0 fully saturated rings. The molecule has 0 atom stereocenters. The molecule has 0 aliphatic rings. The number of nitrogens with one attached hydrogen (secondary N) is 1. The Hall–Kier alpha value is -1.94. The van der Waals surface area contributed by atoms with Gasteiger partial charge in [-0.3, -0.25) is 4.98 Å². The lowest BCUT2D eigenvalue weighted by Crippen LogP contribution is -2.13. The quantitative estimate of drug-likeness (QED) is 0.932. The van der Waals surface area contributed by atoms with Crippen molar-refractivity contribution in [1.82, 2.24) is 15.3 Å². The van der Waals surface area contributed by atoms with Gasteiger partial charge in [0.05, 0.1) is 11.9 Å². The van der Waals surface area contributed by atoms with Gasteiger partial charge in [-0.05, 0) is 25.5 Å². The Morgan fingerprint density at radius 3 is 2.62 bits per heavy atom. The van der Waals surface area contributed by atoms with Crippen molar-refractivity contribution in [2.45, 2.75) is 39.7 Å². The Kier molecular flexibility index (Phi) is 4.58. The van der Waals surface area contributed by atoms with Gasteiger partial charge < -0.3 is 10.1 Å². The molecule has 0 bridgehead atoms. The molecular weight excluding hydrogens is 262 g/mol. The molecule has 0 unspecified atom stereocenters. The number of benzene rings is 1. The van der Waals surface area contributed by atoms with Gasteiger partial charge in [-0.2, -0.15) is 0 Å². The number of hydrogen-bond acceptors (Lipinski definition) is 4. The molecule has 0 aliphatic heterocycles. The van der Waals surface area contributed by atoms with Crippen LogP contribution in [0.15, 0.2) is 30.6 Å². The summed E-state index contributed by atoms with van der Waals surface area (Å²) in [5.41, 5.74) is 3.27. The van der Waals surface area contributed by atoms with E-state index in [4.69, 9.17) is 4.74 Å². The molecule has 1 aromatic heterocycles. The van der Waals surface area contributed by atoms with Crippen LogP contribution in [-0.2, 0) is 12.0 Å². The average Bonchev–Trinajstić information content (AvgIpc) is 2.40. The van der Waals surface area contributed by atoms with E-state index >= 15 is 0 Å². The van der Waals surface area contributed by atoms with Gasteiger partial charge in [-0.1, -0.05) is 38.5 Å². The van der Waals surface area contributed by atoms with Gasteiger partial charge >= 0.3 is 0 Å². The van der Waals surface area contributed by atoms with E-state index < -0.39 is 0 Å². The van der Waals surface area contributed by atoms with Gasteiger partial charge in [0.25, 0.3) is 0 Å². The third-order valence-electron chi connectivity index (χ3n) is 3.18. The van der Waals surface area contributed by atoms with Gasteiger partial charge in [0, 0.05) is 18.3 Å². The standard InChI is InChI=1S/C17H23N3O/c1-12-6-7-15(14(8-12)17(2,3)4)21-16-11-19-10-13(20-16)9-18-5/h6-8,10-11,18H,9H2,1-5H3. The molecule has 2 rings (SSSR count). The Balaban J connectivity index is 2.33. The summed E-state index contributed by atoms with van der Waals surface area (Å²) in [7, 11) is 1.88. The Morgan fingerprint density at radius 1 is 1.19 bits per heavy atom. The van der Waals surface area contributed by atoms with E-state index in [1.54, 1.807) is 12.4 Å². The molecule has 2 aromatic rings. The van der Waals surface area contributed by atoms with Crippen LogP contribution in [0.3, 0.4) is 0 Å². The van der Waals surface area contributed by atoms with Crippen molar-refractivity contribution in [2.24, 2.45) is 0 Å². The first-order chi connectivity index (χ1) is 9.90. The zero-order chi connectivity index (χ0) is 15.5. The second-order valence-corrected chi connectivity index (χ2v) is 6.23. The highest BCUT2D eigenvalue weighted by atomic mass is 16.5. The molecule has 4 heteroatoms. The van der Waals surface area contributed by atoms with Crippen LogP contribution >= 0.6 is 0 Å². The number of aromatic nitrogens is 2. The topological polar surface area (TPSA) is 47.0 Å². The predicted molar refractivity (Wildman–Crippen MR) is 84.7 cm³/mol. The summed E-state index contributed by atoms with van der Waals surface area (Å²) < 4.78 is 5.98. The van der Waals surface area contributed by atoms with Gasteiger partial charge in [0.2, 0.25) is 5.88 Å². The van der Waals surface area contributed by atoms with Crippen LogP contribution in [0.2, 0.25) is 0 Å². The number of nitrogens with zero attached hydrogens (tertiary/aromatic N) is 2. The maximum absolute atomic E-state index is 5.98. The van der Waals surface area contributed by atoms with Gasteiger partial charge in [0.15, 0.2) is 0 Å². The van der Waals surface area contributed by atoms with E-state index in [1.807, 2.05) is 13.1 Å². The molecule has 1 aromatic carbocycles. The average molecular weight is 285 g/mol. The summed E-state index contributed by atoms with van der Waals surface area (Å²) in [5.74, 6) is 1.36. The van der Waals surface area contributed by atoms with Crippen LogP contribution in [-0.4, -0.2) is 17.0 Å². The first-order valence-electron chi connectivity index (χ1n) is 7.14. The van der Waals surface area contributed by atoms with Crippen molar-refractivity contribution in [3.05, 3.63) is 47.4 Å². The fourth-order valence-electron chi connectivity index (χ4n) is 2.13. The van der Waals surface area contributed by atoms with Crippen LogP contribution < -0.4 is 10.1 Å². The Labute approximate surface area is 126 Å². The van der Waals surface area contributed by atoms with E-state index in [0.717, 1.165) is 11.4 Å². The third kappa shape index (κ3) is 4.02. The first kappa shape index (κ1) is 15.4. The lowest BCUT2D eigenvalue weighted by atomic mass is 9.85. The van der Waals surface area contributed by atoms with Crippen LogP contribution in [0.25, 0.3) is 0 Å². The summed E-state index contributed by atoms with van der Waals surface area (Å²) in [4.78, 5) is 8.64. The normalized spacial score (nSPS) is 11.5. The molecule has 0 radical (unpaired) electrons. The summed E-state index contributed by atoms with van der Waals surface area (Å²) in [6, 6.07) is 6.22. The monoisotopic (exact) mass is 285 g/mol. The maximum Gasteiger partial charge on any atom is 0.238 e. The molecule has 0 aliphatic carbocycles. The molecule has 112 valence electrons. The van der Waals surface area contributed by atoms with E-state index in [9.17, 15) is 0 Å². The van der Waals surface area contributed by atoms with Crippen LogP contribution in [0.1, 0.15) is 37.6 Å². The van der Waals surface area contributed by atoms with Crippen molar-refractivity contribution in [1.29, 1.82) is 0 Å². The largest absolute Gasteiger partial charge is 0.437 e. The van der Waals surface area contributed by atoms with Crippen molar-refractivity contribution in [3.63, 3.8) is 0 Å². The van der Waals surface area contributed by atoms with Gasteiger partial charge in [-0.25, -0.2) is 4.98 Å². The molecule has 0 spiro atoms. The van der Waals surface area contributed by atoms with E-state index in [-0.39, 0.29) is 5.41 Å². The first-order valence-corrected chi connectivity index (χ1v) is 7.14. The highest BCUT2D eigenvalue weighted by Crippen LogP contribution is 2.34. The van der Waals surface area contributed by atoms with Crippen molar-refractivity contribution in [3.8, 4) is 11.6 Å². The SMILES string of the molecule is CNCc1cncc(Oc2ccc(C)cc2C(C)(C)C)n1. The molecular formula is C17H23N3O. The second kappa shape index (κ2) is 6.22. The highest BCUT2D eigenvalue weighted by molar-refractivity contribution is 5.42. The lowest BCUT2D eigenvalue weighted by Gasteiger charge is -2.23. The predicted octanol–water partition coefficient (Wildman–Crippen LogP) is 3.59. The van der Waals surface area contributed by atoms with E-state index in [1.165, 1.54) is 11.1 Å². The van der Waals surface area contributed by atoms with E-state index in [2.05, 4.69) is 55.1 Å². The van der Waals surface area contributed by atoms with Crippen LogP contribution in [0, 0.1) is 6.92 Å². The molecule has 0 amide bonds. The zero-order valence-corrected chi connectivity index (χ0v) is 13.4. The third-order valence-corrected chi connectivity index (χ3v) is 3.18. The van der Waals surface area contributed by atoms with Crippen molar-refractivity contribution < 1.29 is 4.74 Å². The molecule has 21 heavy (non-hydrogen) atoms. The van der Waals surface area contributed by atoms with E-state index in [0.29, 0.717) is 12.4 Å². The molecule has 0 saturated heterocycles.